The molecule has 0 saturated carbocycles. The monoisotopic (exact) mass is 330 g/mol. The van der Waals surface area contributed by atoms with E-state index in [2.05, 4.69) is 20.6 Å². The summed E-state index contributed by atoms with van der Waals surface area (Å²) in [6, 6.07) is 5.08. The van der Waals surface area contributed by atoms with E-state index in [1.54, 1.807) is 18.2 Å². The van der Waals surface area contributed by atoms with Crippen LogP contribution >= 0.6 is 0 Å². The van der Waals surface area contributed by atoms with Gasteiger partial charge >= 0.3 is 0 Å². The molecule has 0 fully saturated rings. The molecule has 1 aromatic carbocycles. The minimum atomic E-state index is -0.354. The van der Waals surface area contributed by atoms with Crippen LogP contribution in [0.2, 0.25) is 0 Å². The molecule has 1 heterocycles. The van der Waals surface area contributed by atoms with Crippen molar-refractivity contribution in [3.05, 3.63) is 48.0 Å². The van der Waals surface area contributed by atoms with E-state index in [1.807, 2.05) is 0 Å². The first-order valence-electron chi connectivity index (χ1n) is 7.20. The van der Waals surface area contributed by atoms with Gasteiger partial charge in [0.1, 0.15) is 22.8 Å². The van der Waals surface area contributed by atoms with Crippen LogP contribution in [-0.4, -0.2) is 49.1 Å². The van der Waals surface area contributed by atoms with E-state index >= 15 is 0 Å². The van der Waals surface area contributed by atoms with E-state index in [-0.39, 0.29) is 30.6 Å². The van der Waals surface area contributed by atoms with Crippen molar-refractivity contribution in [2.24, 2.45) is 0 Å². The van der Waals surface area contributed by atoms with Crippen molar-refractivity contribution in [3.63, 3.8) is 0 Å². The van der Waals surface area contributed by atoms with Crippen molar-refractivity contribution in [1.82, 2.24) is 20.6 Å². The number of amides is 2. The fourth-order valence-electron chi connectivity index (χ4n) is 2.02. The molecule has 8 heteroatoms. The van der Waals surface area contributed by atoms with Crippen LogP contribution in [0.1, 0.15) is 20.8 Å². The highest BCUT2D eigenvalue weighted by molar-refractivity contribution is 5.99. The van der Waals surface area contributed by atoms with E-state index in [1.165, 1.54) is 32.8 Å². The summed E-state index contributed by atoms with van der Waals surface area (Å²) in [5.74, 6) is 0.121. The summed E-state index contributed by atoms with van der Waals surface area (Å²) in [5, 5.41) is 5.35. The van der Waals surface area contributed by atoms with Crippen LogP contribution in [0.25, 0.3) is 0 Å². The quantitative estimate of drug-likeness (QED) is 0.723. The number of aromatic nitrogens is 2. The van der Waals surface area contributed by atoms with E-state index in [0.717, 1.165) is 0 Å². The Hall–Kier alpha value is -3.16. The summed E-state index contributed by atoms with van der Waals surface area (Å²) in [7, 11) is 2.96. The number of nitrogens with one attached hydrogen (secondary N) is 2. The van der Waals surface area contributed by atoms with E-state index in [0.29, 0.717) is 17.1 Å². The SMILES string of the molecule is COc1cccc(OC)c1C(=O)NCCNC(=O)c1cnccn1. The Balaban J connectivity index is 1.89. The Kier molecular flexibility index (Phi) is 6.07. The summed E-state index contributed by atoms with van der Waals surface area (Å²) in [6.45, 7) is 0.491. The van der Waals surface area contributed by atoms with Crippen molar-refractivity contribution in [3.8, 4) is 11.5 Å². The van der Waals surface area contributed by atoms with E-state index in [9.17, 15) is 9.59 Å². The predicted molar refractivity (Wildman–Crippen MR) is 86.2 cm³/mol. The summed E-state index contributed by atoms with van der Waals surface area (Å²) in [4.78, 5) is 31.8. The first kappa shape index (κ1) is 17.2. The van der Waals surface area contributed by atoms with Crippen LogP contribution in [0, 0.1) is 0 Å². The minimum absolute atomic E-state index is 0.218. The highest BCUT2D eigenvalue weighted by Crippen LogP contribution is 2.27. The molecule has 8 nitrogen and oxygen atoms in total. The second-order valence-electron chi connectivity index (χ2n) is 4.64. The lowest BCUT2D eigenvalue weighted by atomic mass is 10.1. The zero-order valence-electron chi connectivity index (χ0n) is 13.4. The number of methoxy groups -OCH3 is 2. The van der Waals surface area contributed by atoms with Crippen LogP contribution in [-0.2, 0) is 0 Å². The number of hydrogen-bond donors (Lipinski definition) is 2. The molecule has 2 rings (SSSR count). The maximum atomic E-state index is 12.3. The Morgan fingerprint density at radius 2 is 1.62 bits per heavy atom. The Labute approximate surface area is 139 Å². The fraction of sp³-hybridized carbons (Fsp3) is 0.250. The second kappa shape index (κ2) is 8.47. The average Bonchev–Trinajstić information content (AvgIpc) is 2.64. The molecule has 0 aliphatic rings. The number of carbonyl (C=O) groups excluding carboxylic acids is 2. The van der Waals surface area contributed by atoms with E-state index in [4.69, 9.17) is 9.47 Å². The number of benzene rings is 1. The molecule has 2 N–H and O–H groups in total. The molecule has 0 atom stereocenters. The molecular weight excluding hydrogens is 312 g/mol. The molecule has 2 aromatic rings. The third-order valence-electron chi connectivity index (χ3n) is 3.15. The van der Waals surface area contributed by atoms with Gasteiger partial charge in [0.15, 0.2) is 0 Å². The van der Waals surface area contributed by atoms with Crippen LogP contribution < -0.4 is 20.1 Å². The van der Waals surface area contributed by atoms with Crippen LogP contribution in [0.5, 0.6) is 11.5 Å². The standard InChI is InChI=1S/C16H18N4O4/c1-23-12-4-3-5-13(24-2)14(12)16(22)20-9-8-19-15(21)11-10-17-6-7-18-11/h3-7,10H,8-9H2,1-2H3,(H,19,21)(H,20,22). The van der Waals surface area contributed by atoms with Crippen molar-refractivity contribution in [1.29, 1.82) is 0 Å². The van der Waals surface area contributed by atoms with Gasteiger partial charge in [-0.05, 0) is 12.1 Å². The van der Waals surface area contributed by atoms with Gasteiger partial charge in [-0.15, -0.1) is 0 Å². The lowest BCUT2D eigenvalue weighted by Gasteiger charge is -2.13. The highest BCUT2D eigenvalue weighted by atomic mass is 16.5. The third kappa shape index (κ3) is 4.19. The first-order chi connectivity index (χ1) is 11.7. The van der Waals surface area contributed by atoms with Gasteiger partial charge in [0.2, 0.25) is 0 Å². The molecule has 2 amide bonds. The molecule has 0 bridgehead atoms. The van der Waals surface area contributed by atoms with Crippen molar-refractivity contribution < 1.29 is 19.1 Å². The lowest BCUT2D eigenvalue weighted by molar-refractivity contribution is 0.0921. The van der Waals surface area contributed by atoms with Gasteiger partial charge < -0.3 is 20.1 Å². The molecule has 126 valence electrons. The zero-order chi connectivity index (χ0) is 17.4. The second-order valence-corrected chi connectivity index (χ2v) is 4.64. The van der Waals surface area contributed by atoms with Gasteiger partial charge in [-0.3, -0.25) is 14.6 Å². The maximum absolute atomic E-state index is 12.3. The summed E-state index contributed by atoms with van der Waals surface area (Å²) in [5.41, 5.74) is 0.526. The highest BCUT2D eigenvalue weighted by Gasteiger charge is 2.17. The Morgan fingerprint density at radius 1 is 1.00 bits per heavy atom. The molecule has 24 heavy (non-hydrogen) atoms. The normalized spacial score (nSPS) is 9.92. The maximum Gasteiger partial charge on any atom is 0.271 e. The van der Waals surface area contributed by atoms with E-state index < -0.39 is 0 Å². The van der Waals surface area contributed by atoms with Gasteiger partial charge in [-0.1, -0.05) is 6.07 Å². The summed E-state index contributed by atoms with van der Waals surface area (Å²) >= 11 is 0. The van der Waals surface area contributed by atoms with Gasteiger partial charge in [0.05, 0.1) is 20.4 Å². The Morgan fingerprint density at radius 3 is 2.17 bits per heavy atom. The lowest BCUT2D eigenvalue weighted by Crippen LogP contribution is -2.35. The third-order valence-corrected chi connectivity index (χ3v) is 3.15. The summed E-state index contributed by atoms with van der Waals surface area (Å²) in [6.07, 6.45) is 4.29. The van der Waals surface area contributed by atoms with Crippen LogP contribution in [0.3, 0.4) is 0 Å². The van der Waals surface area contributed by atoms with Crippen molar-refractivity contribution >= 4 is 11.8 Å². The number of rotatable bonds is 7. The van der Waals surface area contributed by atoms with Gasteiger partial charge in [0, 0.05) is 25.5 Å². The van der Waals surface area contributed by atoms with Gasteiger partial charge in [-0.25, -0.2) is 4.98 Å². The van der Waals surface area contributed by atoms with Crippen molar-refractivity contribution in [2.45, 2.75) is 0 Å². The topological polar surface area (TPSA) is 102 Å². The number of ether oxygens (including phenoxy) is 2. The van der Waals surface area contributed by atoms with Crippen molar-refractivity contribution in [2.75, 3.05) is 27.3 Å². The molecule has 0 aliphatic carbocycles. The molecular formula is C16H18N4O4. The van der Waals surface area contributed by atoms with Crippen LogP contribution in [0.4, 0.5) is 0 Å². The van der Waals surface area contributed by atoms with Crippen LogP contribution in [0.15, 0.2) is 36.8 Å². The number of hydrogen-bond acceptors (Lipinski definition) is 6. The Bertz CT molecular complexity index is 684. The molecule has 0 saturated heterocycles. The van der Waals surface area contributed by atoms with Gasteiger partial charge in [0.25, 0.3) is 11.8 Å². The molecule has 1 aromatic heterocycles. The minimum Gasteiger partial charge on any atom is -0.496 e. The number of nitrogens with zero attached hydrogens (tertiary/aromatic N) is 2. The molecule has 0 radical (unpaired) electrons. The number of carbonyl (C=O) groups is 2. The fourth-order valence-corrected chi connectivity index (χ4v) is 2.02. The smallest absolute Gasteiger partial charge is 0.271 e. The predicted octanol–water partition coefficient (Wildman–Crippen LogP) is 0.654. The van der Waals surface area contributed by atoms with Gasteiger partial charge in [-0.2, -0.15) is 0 Å². The average molecular weight is 330 g/mol. The first-order valence-corrected chi connectivity index (χ1v) is 7.20. The zero-order valence-corrected chi connectivity index (χ0v) is 13.4. The molecule has 0 aliphatic heterocycles. The molecule has 0 unspecified atom stereocenters. The summed E-state index contributed by atoms with van der Waals surface area (Å²) < 4.78 is 10.4. The molecule has 0 spiro atoms. The largest absolute Gasteiger partial charge is 0.496 e.